The molecule has 0 aliphatic heterocycles. The molecule has 0 bridgehead atoms. The van der Waals surface area contributed by atoms with E-state index in [1.165, 1.54) is 38.6 Å². The van der Waals surface area contributed by atoms with Crippen molar-refractivity contribution in [1.29, 1.82) is 0 Å². The number of carbonyl (C=O) groups excluding carboxylic acids is 1. The van der Waals surface area contributed by atoms with Gasteiger partial charge in [-0.15, -0.1) is 0 Å². The number of ether oxygens (including phenoxy) is 2. The number of hydrogen-bond donors (Lipinski definition) is 1. The topological polar surface area (TPSA) is 102 Å². The number of benzene rings is 3. The second-order valence-corrected chi connectivity index (χ2v) is 12.3. The Morgan fingerprint density at radius 1 is 0.977 bits per heavy atom. The maximum absolute atomic E-state index is 13.7. The van der Waals surface area contributed by atoms with Crippen LogP contribution < -0.4 is 14.9 Å². The summed E-state index contributed by atoms with van der Waals surface area (Å²) in [6.07, 6.45) is 1.91. The van der Waals surface area contributed by atoms with Crippen LogP contribution in [0.5, 0.6) is 11.5 Å². The molecule has 0 spiro atoms. The van der Waals surface area contributed by atoms with Crippen LogP contribution >= 0.6 is 23.2 Å². The Hall–Kier alpha value is -3.83. The molecule has 0 radical (unpaired) electrons. The Morgan fingerprint density at radius 3 is 2.40 bits per heavy atom. The molecule has 0 aliphatic carbocycles. The van der Waals surface area contributed by atoms with E-state index in [4.69, 9.17) is 32.7 Å². The van der Waals surface area contributed by atoms with Gasteiger partial charge in [0.15, 0.2) is 11.5 Å². The highest BCUT2D eigenvalue weighted by Gasteiger charge is 2.28. The monoisotopic (exact) mass is 642 g/mol. The molecule has 12 heteroatoms. The first kappa shape index (κ1) is 32.1. The third-order valence-electron chi connectivity index (χ3n) is 6.84. The van der Waals surface area contributed by atoms with Crippen molar-refractivity contribution in [2.75, 3.05) is 27.3 Å². The lowest BCUT2D eigenvalue weighted by Crippen LogP contribution is -2.40. The van der Waals surface area contributed by atoms with Crippen molar-refractivity contribution in [2.45, 2.75) is 25.2 Å². The molecule has 1 N–H and O–H groups in total. The predicted octanol–water partition coefficient (Wildman–Crippen LogP) is 5.80. The van der Waals surface area contributed by atoms with E-state index >= 15 is 0 Å². The summed E-state index contributed by atoms with van der Waals surface area (Å²) in [6.45, 7) is 3.44. The Labute approximate surface area is 261 Å². The van der Waals surface area contributed by atoms with Gasteiger partial charge in [-0.1, -0.05) is 59.6 Å². The van der Waals surface area contributed by atoms with E-state index < -0.39 is 22.5 Å². The SMILES string of the molecule is COc1ccc(S(=O)(=O)N(CCc2ccccc2)CC(=O)N/N=C/c2cc(C)n(-c3cccc(Cl)c3Cl)c2C)cc1OC. The summed E-state index contributed by atoms with van der Waals surface area (Å²) in [7, 11) is -1.20. The third-order valence-corrected chi connectivity index (χ3v) is 9.49. The number of rotatable bonds is 12. The maximum Gasteiger partial charge on any atom is 0.255 e. The highest BCUT2D eigenvalue weighted by molar-refractivity contribution is 7.89. The van der Waals surface area contributed by atoms with Crippen molar-refractivity contribution in [1.82, 2.24) is 14.3 Å². The van der Waals surface area contributed by atoms with E-state index in [9.17, 15) is 13.2 Å². The fourth-order valence-corrected chi connectivity index (χ4v) is 6.43. The first-order chi connectivity index (χ1) is 20.6. The number of aromatic nitrogens is 1. The number of halogens is 2. The molecular weight excluding hydrogens is 611 g/mol. The first-order valence-electron chi connectivity index (χ1n) is 13.3. The van der Waals surface area contributed by atoms with E-state index in [-0.39, 0.29) is 17.2 Å². The fourth-order valence-electron chi connectivity index (χ4n) is 4.63. The average Bonchev–Trinajstić information content (AvgIpc) is 3.28. The van der Waals surface area contributed by atoms with E-state index in [1.807, 2.05) is 66.9 Å². The largest absolute Gasteiger partial charge is 0.493 e. The van der Waals surface area contributed by atoms with Gasteiger partial charge in [0.2, 0.25) is 10.0 Å². The lowest BCUT2D eigenvalue weighted by Gasteiger charge is -2.22. The van der Waals surface area contributed by atoms with Crippen LogP contribution in [0.2, 0.25) is 10.0 Å². The molecule has 226 valence electrons. The Bertz CT molecular complexity index is 1740. The van der Waals surface area contributed by atoms with Crippen LogP contribution in [0, 0.1) is 13.8 Å². The van der Waals surface area contributed by atoms with Crippen molar-refractivity contribution in [2.24, 2.45) is 5.10 Å². The fraction of sp³-hybridized carbons (Fsp3) is 0.226. The molecule has 1 amide bonds. The van der Waals surface area contributed by atoms with E-state index in [2.05, 4.69) is 10.5 Å². The number of aryl methyl sites for hydroxylation is 1. The molecule has 43 heavy (non-hydrogen) atoms. The summed E-state index contributed by atoms with van der Waals surface area (Å²) in [5.74, 6) is 0.0544. The van der Waals surface area contributed by atoms with Gasteiger partial charge in [-0.2, -0.15) is 9.41 Å². The summed E-state index contributed by atoms with van der Waals surface area (Å²) < 4.78 is 41.0. The van der Waals surface area contributed by atoms with Gasteiger partial charge in [0.05, 0.1) is 47.6 Å². The van der Waals surface area contributed by atoms with Crippen molar-refractivity contribution in [3.05, 3.63) is 105 Å². The second kappa shape index (κ2) is 14.1. The third kappa shape index (κ3) is 7.40. The summed E-state index contributed by atoms with van der Waals surface area (Å²) in [5.41, 5.74) is 6.59. The highest BCUT2D eigenvalue weighted by Crippen LogP contribution is 2.32. The Kier molecular flexibility index (Phi) is 10.5. The van der Waals surface area contributed by atoms with Crippen LogP contribution in [0.3, 0.4) is 0 Å². The van der Waals surface area contributed by atoms with Gasteiger partial charge in [0.1, 0.15) is 0 Å². The quantitative estimate of drug-likeness (QED) is 0.155. The minimum Gasteiger partial charge on any atom is -0.493 e. The number of hydrogen-bond acceptors (Lipinski definition) is 6. The molecule has 0 saturated carbocycles. The lowest BCUT2D eigenvalue weighted by molar-refractivity contribution is -0.121. The first-order valence-corrected chi connectivity index (χ1v) is 15.5. The second-order valence-electron chi connectivity index (χ2n) is 9.62. The van der Waals surface area contributed by atoms with Crippen molar-refractivity contribution in [3.63, 3.8) is 0 Å². The zero-order valence-electron chi connectivity index (χ0n) is 24.2. The summed E-state index contributed by atoms with van der Waals surface area (Å²) in [5, 5.41) is 4.98. The number of nitrogens with one attached hydrogen (secondary N) is 1. The van der Waals surface area contributed by atoms with Crippen LogP contribution in [0.25, 0.3) is 5.69 Å². The molecule has 0 fully saturated rings. The molecule has 3 aromatic carbocycles. The van der Waals surface area contributed by atoms with Crippen LogP contribution in [0.15, 0.2) is 82.8 Å². The smallest absolute Gasteiger partial charge is 0.255 e. The van der Waals surface area contributed by atoms with Gasteiger partial charge in [-0.3, -0.25) is 4.79 Å². The van der Waals surface area contributed by atoms with Crippen LogP contribution in [-0.2, 0) is 21.2 Å². The van der Waals surface area contributed by atoms with Crippen molar-refractivity contribution in [3.8, 4) is 17.2 Å². The number of nitrogens with zero attached hydrogens (tertiary/aromatic N) is 3. The number of hydrazone groups is 1. The standard InChI is InChI=1S/C31H32Cl2N4O5S/c1-21-17-24(22(2)37(21)27-12-8-11-26(32)31(27)33)19-34-35-30(38)20-36(16-15-23-9-6-5-7-10-23)43(39,40)25-13-14-28(41-3)29(18-25)42-4/h5-14,17-19H,15-16,20H2,1-4H3,(H,35,38)/b34-19+. The van der Waals surface area contributed by atoms with Gasteiger partial charge < -0.3 is 14.0 Å². The van der Waals surface area contributed by atoms with Gasteiger partial charge >= 0.3 is 0 Å². The molecule has 1 aromatic heterocycles. The van der Waals surface area contributed by atoms with Gasteiger partial charge in [0.25, 0.3) is 5.91 Å². The molecule has 1 heterocycles. The molecule has 9 nitrogen and oxygen atoms in total. The summed E-state index contributed by atoms with van der Waals surface area (Å²) in [6, 6.07) is 21.0. The Balaban J connectivity index is 1.54. The molecule has 4 aromatic rings. The maximum atomic E-state index is 13.7. The number of amides is 1. The Morgan fingerprint density at radius 2 is 1.70 bits per heavy atom. The number of carbonyl (C=O) groups is 1. The zero-order chi connectivity index (χ0) is 31.1. The van der Waals surface area contributed by atoms with Gasteiger partial charge in [0, 0.05) is 29.6 Å². The van der Waals surface area contributed by atoms with Crippen LogP contribution in [-0.4, -0.2) is 56.7 Å². The molecule has 0 unspecified atom stereocenters. The van der Waals surface area contributed by atoms with Crippen LogP contribution in [0.1, 0.15) is 22.5 Å². The minimum absolute atomic E-state index is 0.0263. The number of methoxy groups -OCH3 is 2. The average molecular weight is 644 g/mol. The summed E-state index contributed by atoms with van der Waals surface area (Å²) in [4.78, 5) is 13.0. The normalized spacial score (nSPS) is 11.7. The van der Waals surface area contributed by atoms with Gasteiger partial charge in [-0.05, 0) is 56.2 Å². The van der Waals surface area contributed by atoms with Crippen molar-refractivity contribution >= 4 is 45.3 Å². The van der Waals surface area contributed by atoms with E-state index in [1.54, 1.807) is 6.07 Å². The lowest BCUT2D eigenvalue weighted by atomic mass is 10.1. The van der Waals surface area contributed by atoms with Crippen LogP contribution in [0.4, 0.5) is 0 Å². The van der Waals surface area contributed by atoms with Gasteiger partial charge in [-0.25, -0.2) is 13.8 Å². The molecule has 4 rings (SSSR count). The minimum atomic E-state index is -4.09. The molecular formula is C31H32Cl2N4O5S. The number of sulfonamides is 1. The van der Waals surface area contributed by atoms with E-state index in [0.29, 0.717) is 22.2 Å². The highest BCUT2D eigenvalue weighted by atomic mass is 35.5. The molecule has 0 atom stereocenters. The molecule has 0 aliphatic rings. The van der Waals surface area contributed by atoms with E-state index in [0.717, 1.165) is 32.5 Å². The molecule has 0 saturated heterocycles. The zero-order valence-corrected chi connectivity index (χ0v) is 26.5. The predicted molar refractivity (Wildman–Crippen MR) is 169 cm³/mol. The summed E-state index contributed by atoms with van der Waals surface area (Å²) >= 11 is 12.7. The van der Waals surface area contributed by atoms with Crippen molar-refractivity contribution < 1.29 is 22.7 Å².